The van der Waals surface area contributed by atoms with Crippen LogP contribution in [-0.2, 0) is 0 Å². The molecule has 0 saturated heterocycles. The zero-order chi connectivity index (χ0) is 10.7. The number of rotatable bonds is 2. The molecule has 0 unspecified atom stereocenters. The second-order valence-corrected chi connectivity index (χ2v) is 4.44. The summed E-state index contributed by atoms with van der Waals surface area (Å²) >= 11 is 2.27. The van der Waals surface area contributed by atoms with Gasteiger partial charge in [-0.1, -0.05) is 0 Å². The number of pyridine rings is 1. The van der Waals surface area contributed by atoms with Crippen LogP contribution in [0.1, 0.15) is 5.56 Å². The van der Waals surface area contributed by atoms with Crippen molar-refractivity contribution in [3.63, 3.8) is 0 Å². The molecule has 2 nitrogen and oxygen atoms in total. The minimum Gasteiger partial charge on any atom is -0.455 e. The number of benzene rings is 1. The molecule has 0 N–H and O–H groups in total. The van der Waals surface area contributed by atoms with E-state index in [1.165, 1.54) is 3.57 Å². The summed E-state index contributed by atoms with van der Waals surface area (Å²) in [4.78, 5) is 4.03. The molecule has 0 aliphatic heterocycles. The third kappa shape index (κ3) is 2.68. The molecule has 0 amide bonds. The van der Waals surface area contributed by atoms with Crippen LogP contribution in [0.2, 0.25) is 0 Å². The van der Waals surface area contributed by atoms with Gasteiger partial charge in [0.2, 0.25) is 0 Å². The van der Waals surface area contributed by atoms with Crippen LogP contribution in [0.25, 0.3) is 0 Å². The number of hydrogen-bond acceptors (Lipinski definition) is 2. The summed E-state index contributed by atoms with van der Waals surface area (Å²) in [6.07, 6.45) is 3.49. The smallest absolute Gasteiger partial charge is 0.148 e. The number of halogens is 1. The van der Waals surface area contributed by atoms with E-state index >= 15 is 0 Å². The van der Waals surface area contributed by atoms with E-state index in [9.17, 15) is 0 Å². The van der Waals surface area contributed by atoms with Crippen LogP contribution >= 0.6 is 22.6 Å². The van der Waals surface area contributed by atoms with Crippen LogP contribution in [0.15, 0.2) is 42.7 Å². The number of nitrogens with zero attached hydrogens (tertiary/aromatic N) is 1. The normalized spacial score (nSPS) is 10.0. The lowest BCUT2D eigenvalue weighted by Crippen LogP contribution is -1.88. The van der Waals surface area contributed by atoms with E-state index in [1.807, 2.05) is 37.3 Å². The Morgan fingerprint density at radius 1 is 1.13 bits per heavy atom. The molecule has 76 valence electrons. The molecule has 15 heavy (non-hydrogen) atoms. The van der Waals surface area contributed by atoms with Crippen LogP contribution in [0.4, 0.5) is 0 Å². The van der Waals surface area contributed by atoms with Crippen molar-refractivity contribution >= 4 is 22.6 Å². The summed E-state index contributed by atoms with van der Waals surface area (Å²) < 4.78 is 6.90. The molecule has 1 aromatic carbocycles. The van der Waals surface area contributed by atoms with E-state index < -0.39 is 0 Å². The Kier molecular flexibility index (Phi) is 3.20. The molecule has 1 aromatic heterocycles. The van der Waals surface area contributed by atoms with Gasteiger partial charge in [-0.05, 0) is 65.4 Å². The first-order valence-corrected chi connectivity index (χ1v) is 5.67. The molecule has 0 saturated carbocycles. The van der Waals surface area contributed by atoms with Gasteiger partial charge in [-0.15, -0.1) is 0 Å². The first-order chi connectivity index (χ1) is 7.25. The highest BCUT2D eigenvalue weighted by Gasteiger charge is 2.00. The summed E-state index contributed by atoms with van der Waals surface area (Å²) in [5, 5.41) is 0. The van der Waals surface area contributed by atoms with Gasteiger partial charge < -0.3 is 4.74 Å². The minimum absolute atomic E-state index is 0.804. The second-order valence-electron chi connectivity index (χ2n) is 3.20. The molecule has 0 aliphatic carbocycles. The molecular weight excluding hydrogens is 301 g/mol. The Morgan fingerprint density at radius 3 is 2.53 bits per heavy atom. The van der Waals surface area contributed by atoms with E-state index in [4.69, 9.17) is 4.74 Å². The van der Waals surface area contributed by atoms with Gasteiger partial charge in [0, 0.05) is 9.77 Å². The summed E-state index contributed by atoms with van der Waals surface area (Å²) in [5.41, 5.74) is 1.09. The minimum atomic E-state index is 0.804. The highest BCUT2D eigenvalue weighted by atomic mass is 127. The molecule has 0 bridgehead atoms. The van der Waals surface area contributed by atoms with Crippen LogP contribution in [0.3, 0.4) is 0 Å². The first-order valence-electron chi connectivity index (χ1n) is 4.60. The van der Waals surface area contributed by atoms with Crippen molar-refractivity contribution in [2.75, 3.05) is 0 Å². The monoisotopic (exact) mass is 311 g/mol. The maximum Gasteiger partial charge on any atom is 0.148 e. The van der Waals surface area contributed by atoms with Gasteiger partial charge in [0.05, 0.1) is 6.20 Å². The summed E-state index contributed by atoms with van der Waals surface area (Å²) in [5.74, 6) is 1.64. The number of hydrogen-bond donors (Lipinski definition) is 0. The maximum atomic E-state index is 5.70. The second kappa shape index (κ2) is 4.61. The Labute approximate surface area is 102 Å². The highest BCUT2D eigenvalue weighted by molar-refractivity contribution is 14.1. The third-order valence-electron chi connectivity index (χ3n) is 2.03. The van der Waals surface area contributed by atoms with Crippen molar-refractivity contribution in [3.05, 3.63) is 51.9 Å². The molecule has 2 aromatic rings. The molecule has 0 atom stereocenters. The number of aromatic nitrogens is 1. The molecule has 0 spiro atoms. The van der Waals surface area contributed by atoms with Crippen LogP contribution in [0.5, 0.6) is 11.5 Å². The fourth-order valence-corrected chi connectivity index (χ4v) is 1.55. The molecule has 0 aliphatic rings. The van der Waals surface area contributed by atoms with Gasteiger partial charge in [-0.2, -0.15) is 0 Å². The van der Waals surface area contributed by atoms with Gasteiger partial charge >= 0.3 is 0 Å². The van der Waals surface area contributed by atoms with Crippen molar-refractivity contribution in [2.24, 2.45) is 0 Å². The lowest BCUT2D eigenvalue weighted by Gasteiger charge is -2.07. The topological polar surface area (TPSA) is 22.1 Å². The average molecular weight is 311 g/mol. The van der Waals surface area contributed by atoms with Crippen molar-refractivity contribution in [3.8, 4) is 11.5 Å². The molecule has 0 fully saturated rings. The largest absolute Gasteiger partial charge is 0.455 e. The van der Waals surface area contributed by atoms with Crippen molar-refractivity contribution < 1.29 is 4.74 Å². The van der Waals surface area contributed by atoms with E-state index in [1.54, 1.807) is 12.4 Å². The van der Waals surface area contributed by atoms with Gasteiger partial charge in [0.1, 0.15) is 11.5 Å². The standard InChI is InChI=1S/C12H10INO/c1-9-6-7-14-8-12(9)15-11-4-2-10(13)3-5-11/h2-8H,1H3. The van der Waals surface area contributed by atoms with Crippen molar-refractivity contribution in [1.82, 2.24) is 4.98 Å². The molecule has 1 heterocycles. The van der Waals surface area contributed by atoms with Crippen LogP contribution in [-0.4, -0.2) is 4.98 Å². The van der Waals surface area contributed by atoms with Crippen LogP contribution < -0.4 is 4.74 Å². The van der Waals surface area contributed by atoms with Crippen LogP contribution in [0, 0.1) is 10.5 Å². The highest BCUT2D eigenvalue weighted by Crippen LogP contribution is 2.23. The van der Waals surface area contributed by atoms with Gasteiger partial charge in [0.15, 0.2) is 0 Å². The number of ether oxygens (including phenoxy) is 1. The summed E-state index contributed by atoms with van der Waals surface area (Å²) in [6.45, 7) is 2.00. The SMILES string of the molecule is Cc1ccncc1Oc1ccc(I)cc1. The zero-order valence-electron chi connectivity index (χ0n) is 8.27. The van der Waals surface area contributed by atoms with E-state index in [2.05, 4.69) is 27.6 Å². The lowest BCUT2D eigenvalue weighted by atomic mass is 10.3. The third-order valence-corrected chi connectivity index (χ3v) is 2.75. The van der Waals surface area contributed by atoms with E-state index in [0.717, 1.165) is 17.1 Å². The quantitative estimate of drug-likeness (QED) is 0.787. The molecular formula is C12H10INO. The fraction of sp³-hybridized carbons (Fsp3) is 0.0833. The molecule has 2 rings (SSSR count). The van der Waals surface area contributed by atoms with Gasteiger partial charge in [-0.25, -0.2) is 0 Å². The molecule has 0 radical (unpaired) electrons. The zero-order valence-corrected chi connectivity index (χ0v) is 10.4. The van der Waals surface area contributed by atoms with Crippen molar-refractivity contribution in [2.45, 2.75) is 6.92 Å². The predicted molar refractivity (Wildman–Crippen MR) is 68.2 cm³/mol. The summed E-state index contributed by atoms with van der Waals surface area (Å²) in [6, 6.07) is 9.87. The predicted octanol–water partition coefficient (Wildman–Crippen LogP) is 3.79. The Morgan fingerprint density at radius 2 is 1.87 bits per heavy atom. The Bertz CT molecular complexity index is 453. The van der Waals surface area contributed by atoms with Crippen molar-refractivity contribution in [1.29, 1.82) is 0 Å². The average Bonchev–Trinajstić information content (AvgIpc) is 2.25. The number of aryl methyl sites for hydroxylation is 1. The fourth-order valence-electron chi connectivity index (χ4n) is 1.19. The van der Waals surface area contributed by atoms with E-state index in [-0.39, 0.29) is 0 Å². The van der Waals surface area contributed by atoms with Gasteiger partial charge in [0.25, 0.3) is 0 Å². The summed E-state index contributed by atoms with van der Waals surface area (Å²) in [7, 11) is 0. The maximum absolute atomic E-state index is 5.70. The first kappa shape index (κ1) is 10.4. The lowest BCUT2D eigenvalue weighted by molar-refractivity contribution is 0.476. The van der Waals surface area contributed by atoms with E-state index in [0.29, 0.717) is 0 Å². The Hall–Kier alpha value is -1.10. The Balaban J connectivity index is 2.22. The van der Waals surface area contributed by atoms with Gasteiger partial charge in [-0.3, -0.25) is 4.98 Å². The molecule has 3 heteroatoms.